The average Bonchev–Trinajstić information content (AvgIpc) is 3.75. The van der Waals surface area contributed by atoms with Crippen molar-refractivity contribution >= 4 is 50.7 Å². The summed E-state index contributed by atoms with van der Waals surface area (Å²) in [5, 5.41) is 23.4. The van der Waals surface area contributed by atoms with Crippen LogP contribution in [0.15, 0.2) is 85.2 Å². The number of aromatic hydroxyl groups is 1. The number of aromatic amines is 1. The number of pyridine rings is 1. The van der Waals surface area contributed by atoms with E-state index in [4.69, 9.17) is 9.47 Å². The van der Waals surface area contributed by atoms with Crippen LogP contribution in [-0.4, -0.2) is 59.5 Å². The first kappa shape index (κ1) is 41.1. The number of ether oxygens (including phenoxy) is 2. The Morgan fingerprint density at radius 2 is 1.49 bits per heavy atom. The largest absolute Gasteiger partial charge is 0.508 e. The molecule has 1 atom stereocenters. The van der Waals surface area contributed by atoms with Gasteiger partial charge in [0, 0.05) is 53.2 Å². The fourth-order valence-electron chi connectivity index (χ4n) is 8.38. The number of benzene rings is 4. The lowest BCUT2D eigenvalue weighted by molar-refractivity contribution is -0.696. The number of H-pyrrole nitrogens is 1. The van der Waals surface area contributed by atoms with E-state index in [1.165, 1.54) is 21.9 Å². The van der Waals surface area contributed by atoms with Gasteiger partial charge in [-0.2, -0.15) is 0 Å². The quantitative estimate of drug-likeness (QED) is 0.0518. The van der Waals surface area contributed by atoms with Crippen LogP contribution in [0.25, 0.3) is 43.7 Å². The predicted molar refractivity (Wildman–Crippen MR) is 232 cm³/mol. The van der Waals surface area contributed by atoms with Gasteiger partial charge in [-0.1, -0.05) is 48.5 Å². The summed E-state index contributed by atoms with van der Waals surface area (Å²) in [4.78, 5) is 42.4. The van der Waals surface area contributed by atoms with Crippen LogP contribution in [0.4, 0.5) is 9.59 Å². The van der Waals surface area contributed by atoms with Crippen LogP contribution in [0, 0.1) is 13.8 Å². The van der Waals surface area contributed by atoms with Gasteiger partial charge in [0.25, 0.3) is 0 Å². The van der Waals surface area contributed by atoms with Crippen LogP contribution >= 0.6 is 0 Å². The number of aromatic nitrogens is 2. The number of phenolic OH excluding ortho intramolecular Hbond substituents is 1. The van der Waals surface area contributed by atoms with Gasteiger partial charge >= 0.3 is 12.2 Å². The molecule has 11 heteroatoms. The number of amides is 3. The molecular weight excluding hydrogens is 743 g/mol. The lowest BCUT2D eigenvalue weighted by atomic mass is 9.97. The summed E-state index contributed by atoms with van der Waals surface area (Å²) in [6.45, 7) is 11.6. The second-order valence-electron chi connectivity index (χ2n) is 16.7. The Kier molecular flexibility index (Phi) is 12.4. The number of hydrogen-bond acceptors (Lipinski definition) is 6. The Balaban J connectivity index is 0.920. The highest BCUT2D eigenvalue weighted by atomic mass is 16.6. The van der Waals surface area contributed by atoms with Gasteiger partial charge < -0.3 is 35.5 Å². The minimum absolute atomic E-state index is 0.0915. The highest BCUT2D eigenvalue weighted by Gasteiger charge is 2.30. The van der Waals surface area contributed by atoms with E-state index in [-0.39, 0.29) is 24.2 Å². The molecule has 0 aliphatic heterocycles. The third-order valence-corrected chi connectivity index (χ3v) is 11.3. The molecule has 0 saturated heterocycles. The van der Waals surface area contributed by atoms with Gasteiger partial charge in [-0.05, 0) is 124 Å². The first-order chi connectivity index (χ1) is 28.4. The number of carbonyl (C=O) groups excluding carboxylic acids is 3. The Morgan fingerprint density at radius 1 is 0.797 bits per heavy atom. The molecule has 0 bridgehead atoms. The van der Waals surface area contributed by atoms with Crippen molar-refractivity contribution in [2.45, 2.75) is 97.2 Å². The third-order valence-electron chi connectivity index (χ3n) is 11.3. The number of nitrogens with zero attached hydrogens (tertiary/aromatic N) is 1. The first-order valence-corrected chi connectivity index (χ1v) is 20.8. The SMILES string of the molecule is Cc1c2cc[n+](CCCCCNC(=O)C(CCCCNC(=O)OC(C)(C)C)NC(=O)OCC3c4ccccc4-c4ccccc43)cc2c(C)c2c1[nH]c1ccc(O)cc12. The van der Waals surface area contributed by atoms with Gasteiger partial charge in [-0.25, -0.2) is 14.2 Å². The zero-order chi connectivity index (χ0) is 41.7. The van der Waals surface area contributed by atoms with Crippen molar-refractivity contribution in [3.05, 3.63) is 107 Å². The standard InChI is InChI=1S/C48H55N5O6/c1-30-39-28-53(26-22-33(39)31(2)44-43(30)38-27-32(54)20-21-41(38)51-44)25-14-6-12-23-49-45(55)42(19-11-13-24-50-46(56)59-48(3,4)5)52-47(57)58-29-40-36-17-9-7-15-34(36)35-16-8-10-18-37(35)40/h7-10,15-18,20-22,26-28,40,42H,6,11-14,19,23-25,29H2,1-5H3,(H4,49,50,52,54,55,56,57)/p+1. The Bertz CT molecular complexity index is 2460. The molecule has 1 unspecified atom stereocenters. The molecule has 0 spiro atoms. The Morgan fingerprint density at radius 3 is 2.22 bits per heavy atom. The van der Waals surface area contributed by atoms with Crippen molar-refractivity contribution in [2.24, 2.45) is 0 Å². The van der Waals surface area contributed by atoms with Crippen LogP contribution in [-0.2, 0) is 20.8 Å². The van der Waals surface area contributed by atoms with Crippen molar-refractivity contribution < 1.29 is 33.5 Å². The minimum atomic E-state index is -0.792. The zero-order valence-corrected chi connectivity index (χ0v) is 34.7. The first-order valence-electron chi connectivity index (χ1n) is 20.8. The summed E-state index contributed by atoms with van der Waals surface area (Å²) < 4.78 is 13.3. The smallest absolute Gasteiger partial charge is 0.407 e. The predicted octanol–water partition coefficient (Wildman–Crippen LogP) is 8.97. The van der Waals surface area contributed by atoms with Gasteiger partial charge in [0.15, 0.2) is 12.4 Å². The number of rotatable bonds is 15. The van der Waals surface area contributed by atoms with E-state index in [0.29, 0.717) is 32.4 Å². The molecule has 2 aromatic heterocycles. The summed E-state index contributed by atoms with van der Waals surface area (Å²) in [6, 6.07) is 23.2. The maximum atomic E-state index is 13.5. The van der Waals surface area contributed by atoms with E-state index in [0.717, 1.165) is 69.9 Å². The molecule has 0 radical (unpaired) electrons. The van der Waals surface area contributed by atoms with E-state index in [9.17, 15) is 19.5 Å². The fourth-order valence-corrected chi connectivity index (χ4v) is 8.38. The maximum Gasteiger partial charge on any atom is 0.407 e. The molecule has 2 heterocycles. The summed E-state index contributed by atoms with van der Waals surface area (Å²) in [7, 11) is 0. The van der Waals surface area contributed by atoms with Crippen molar-refractivity contribution in [1.29, 1.82) is 0 Å². The molecule has 11 nitrogen and oxygen atoms in total. The number of fused-ring (bicyclic) bond motifs is 7. The molecule has 1 aliphatic carbocycles. The molecular formula is C48H56N5O6+. The van der Waals surface area contributed by atoms with Crippen molar-refractivity contribution in [3.8, 4) is 16.9 Å². The van der Waals surface area contributed by atoms with Crippen molar-refractivity contribution in [3.63, 3.8) is 0 Å². The molecule has 59 heavy (non-hydrogen) atoms. The second-order valence-corrected chi connectivity index (χ2v) is 16.7. The molecule has 1 aliphatic rings. The highest BCUT2D eigenvalue weighted by Crippen LogP contribution is 2.44. The van der Waals surface area contributed by atoms with E-state index >= 15 is 0 Å². The fraction of sp³-hybridized carbons (Fsp3) is 0.375. The number of unbranched alkanes of at least 4 members (excludes halogenated alkanes) is 3. The van der Waals surface area contributed by atoms with Gasteiger partial charge in [-0.3, -0.25) is 4.79 Å². The van der Waals surface area contributed by atoms with E-state index < -0.39 is 23.8 Å². The van der Waals surface area contributed by atoms with Crippen LogP contribution in [0.2, 0.25) is 0 Å². The molecule has 6 aromatic rings. The van der Waals surface area contributed by atoms with Crippen molar-refractivity contribution in [1.82, 2.24) is 20.9 Å². The van der Waals surface area contributed by atoms with Gasteiger partial charge in [-0.15, -0.1) is 0 Å². The van der Waals surface area contributed by atoms with Gasteiger partial charge in [0.1, 0.15) is 30.5 Å². The van der Waals surface area contributed by atoms with Crippen LogP contribution in [0.1, 0.15) is 87.5 Å². The summed E-state index contributed by atoms with van der Waals surface area (Å²) in [5.74, 6) is -0.0987. The van der Waals surface area contributed by atoms with E-state index in [1.54, 1.807) is 6.07 Å². The zero-order valence-electron chi connectivity index (χ0n) is 34.7. The second kappa shape index (κ2) is 17.8. The lowest BCUT2D eigenvalue weighted by Gasteiger charge is -2.20. The van der Waals surface area contributed by atoms with E-state index in [2.05, 4.69) is 82.1 Å². The molecule has 7 rings (SSSR count). The highest BCUT2D eigenvalue weighted by molar-refractivity contribution is 6.16. The monoisotopic (exact) mass is 798 g/mol. The number of carbonyl (C=O) groups is 3. The number of nitrogens with one attached hydrogen (secondary N) is 4. The summed E-state index contributed by atoms with van der Waals surface area (Å²) in [5.41, 5.74) is 8.39. The molecule has 3 amide bonds. The van der Waals surface area contributed by atoms with Crippen LogP contribution < -0.4 is 20.5 Å². The maximum absolute atomic E-state index is 13.5. The van der Waals surface area contributed by atoms with E-state index in [1.807, 2.05) is 57.2 Å². The average molecular weight is 799 g/mol. The van der Waals surface area contributed by atoms with Crippen LogP contribution in [0.5, 0.6) is 5.75 Å². The molecule has 0 saturated carbocycles. The Labute approximate surface area is 345 Å². The topological polar surface area (TPSA) is 146 Å². The van der Waals surface area contributed by atoms with Gasteiger partial charge in [0.2, 0.25) is 5.91 Å². The molecule has 5 N–H and O–H groups in total. The number of aryl methyl sites for hydroxylation is 3. The molecule has 308 valence electrons. The number of phenols is 1. The summed E-state index contributed by atoms with van der Waals surface area (Å²) >= 11 is 0. The number of alkyl carbamates (subject to hydrolysis) is 2. The van der Waals surface area contributed by atoms with Crippen molar-refractivity contribution in [2.75, 3.05) is 19.7 Å². The summed E-state index contributed by atoms with van der Waals surface area (Å²) in [6.07, 6.45) is 7.42. The molecule has 0 fully saturated rings. The third kappa shape index (κ3) is 9.46. The minimum Gasteiger partial charge on any atom is -0.508 e. The lowest BCUT2D eigenvalue weighted by Crippen LogP contribution is -2.47. The number of hydrogen-bond donors (Lipinski definition) is 5. The van der Waals surface area contributed by atoms with Gasteiger partial charge in [0.05, 0.1) is 5.52 Å². The normalized spacial score (nSPS) is 13.0. The Hall–Kier alpha value is -6.10. The van der Waals surface area contributed by atoms with Crippen LogP contribution in [0.3, 0.4) is 0 Å². The molecule has 4 aromatic carbocycles.